The van der Waals surface area contributed by atoms with Gasteiger partial charge in [-0.15, -0.1) is 4.68 Å². The van der Waals surface area contributed by atoms with Gasteiger partial charge in [0.05, 0.1) is 0 Å². The Morgan fingerprint density at radius 3 is 2.40 bits per heavy atom. The number of benzene rings is 2. The molecule has 128 valence electrons. The van der Waals surface area contributed by atoms with Gasteiger partial charge in [-0.25, -0.2) is 18.4 Å². The molecule has 0 N–H and O–H groups in total. The van der Waals surface area contributed by atoms with Gasteiger partial charge in [0.25, 0.3) is 0 Å². The van der Waals surface area contributed by atoms with Crippen molar-refractivity contribution in [2.45, 2.75) is 0 Å². The molecule has 3 rings (SSSR count). The van der Waals surface area contributed by atoms with E-state index in [2.05, 4.69) is 26.4 Å². The van der Waals surface area contributed by atoms with Crippen LogP contribution in [0.2, 0.25) is 0 Å². The first-order valence-corrected chi connectivity index (χ1v) is 7.72. The predicted octanol–water partition coefficient (Wildman–Crippen LogP) is 2.57. The molecule has 1 amide bonds. The zero-order valence-corrected chi connectivity index (χ0v) is 14.3. The zero-order chi connectivity index (χ0) is 18.1. The van der Waals surface area contributed by atoms with Crippen LogP contribution in [0.1, 0.15) is 0 Å². The van der Waals surface area contributed by atoms with Gasteiger partial charge in [-0.3, -0.25) is 4.90 Å². The first-order chi connectivity index (χ1) is 11.9. The molecule has 0 fully saturated rings. The van der Waals surface area contributed by atoms with E-state index in [0.29, 0.717) is 15.1 Å². The van der Waals surface area contributed by atoms with Crippen LogP contribution in [0, 0.1) is 11.6 Å². The van der Waals surface area contributed by atoms with E-state index in [-0.39, 0.29) is 0 Å². The molecular weight excluding hydrogens is 400 g/mol. The van der Waals surface area contributed by atoms with Gasteiger partial charge in [0, 0.05) is 17.2 Å². The summed E-state index contributed by atoms with van der Waals surface area (Å²) in [6.45, 7) is 0. The summed E-state index contributed by atoms with van der Waals surface area (Å²) in [7, 11) is 1.43. The quantitative estimate of drug-likeness (QED) is 0.609. The molecule has 0 bridgehead atoms. The standard InChI is InChI=1S/C15H10BrF2N5O2/c1-21(10-5-2-4-9(16)8-10)14(24)23-15(25)22(19-20-23)13-11(17)6-3-7-12(13)18/h2-8H,1H3. The number of carbonyl (C=O) groups excluding carboxylic acids is 1. The summed E-state index contributed by atoms with van der Waals surface area (Å²) < 4.78 is 29.2. The Balaban J connectivity index is 2.01. The Morgan fingerprint density at radius 1 is 1.12 bits per heavy atom. The summed E-state index contributed by atoms with van der Waals surface area (Å²) in [6, 6.07) is 9.04. The highest BCUT2D eigenvalue weighted by Crippen LogP contribution is 2.19. The van der Waals surface area contributed by atoms with Gasteiger partial charge < -0.3 is 0 Å². The van der Waals surface area contributed by atoms with Crippen molar-refractivity contribution in [2.75, 3.05) is 11.9 Å². The molecule has 0 spiro atoms. The van der Waals surface area contributed by atoms with Crippen molar-refractivity contribution in [2.24, 2.45) is 0 Å². The van der Waals surface area contributed by atoms with Crippen LogP contribution in [0.15, 0.2) is 51.7 Å². The van der Waals surface area contributed by atoms with Crippen LogP contribution in [-0.2, 0) is 0 Å². The topological polar surface area (TPSA) is 73.0 Å². The number of para-hydroxylation sites is 1. The fraction of sp³-hybridized carbons (Fsp3) is 0.0667. The zero-order valence-electron chi connectivity index (χ0n) is 12.7. The highest BCUT2D eigenvalue weighted by molar-refractivity contribution is 9.10. The second kappa shape index (κ2) is 6.55. The molecule has 0 aliphatic rings. The normalized spacial score (nSPS) is 10.7. The Hall–Kier alpha value is -2.88. The number of rotatable bonds is 2. The lowest BCUT2D eigenvalue weighted by Crippen LogP contribution is -2.39. The maximum absolute atomic E-state index is 13.8. The lowest BCUT2D eigenvalue weighted by molar-refractivity contribution is 0.245. The molecule has 0 saturated carbocycles. The summed E-state index contributed by atoms with van der Waals surface area (Å²) in [4.78, 5) is 25.9. The van der Waals surface area contributed by atoms with Crippen LogP contribution in [0.25, 0.3) is 5.69 Å². The molecule has 10 heteroatoms. The average molecular weight is 410 g/mol. The fourth-order valence-electron chi connectivity index (χ4n) is 2.14. The summed E-state index contributed by atoms with van der Waals surface area (Å²) in [6.07, 6.45) is 0. The van der Waals surface area contributed by atoms with Crippen molar-refractivity contribution in [3.05, 3.63) is 69.1 Å². The van der Waals surface area contributed by atoms with Gasteiger partial charge in [0.2, 0.25) is 0 Å². The number of anilines is 1. The molecule has 2 aromatic carbocycles. The molecule has 0 saturated heterocycles. The van der Waals surface area contributed by atoms with E-state index in [9.17, 15) is 18.4 Å². The van der Waals surface area contributed by atoms with E-state index in [1.807, 2.05) is 0 Å². The summed E-state index contributed by atoms with van der Waals surface area (Å²) >= 11 is 3.28. The third-order valence-corrected chi connectivity index (χ3v) is 3.89. The Labute approximate surface area is 148 Å². The summed E-state index contributed by atoms with van der Waals surface area (Å²) in [5.41, 5.74) is -1.30. The van der Waals surface area contributed by atoms with Crippen LogP contribution in [-0.4, -0.2) is 32.9 Å². The number of nitrogens with zero attached hydrogens (tertiary/aromatic N) is 5. The Kier molecular flexibility index (Phi) is 4.45. The van der Waals surface area contributed by atoms with Crippen molar-refractivity contribution in [3.8, 4) is 5.69 Å². The third-order valence-electron chi connectivity index (χ3n) is 3.39. The van der Waals surface area contributed by atoms with Gasteiger partial charge in [0.1, 0.15) is 5.69 Å². The van der Waals surface area contributed by atoms with E-state index in [0.717, 1.165) is 27.6 Å². The fourth-order valence-corrected chi connectivity index (χ4v) is 2.52. The Bertz CT molecular complexity index is 997. The second-order valence-corrected chi connectivity index (χ2v) is 5.89. The van der Waals surface area contributed by atoms with Crippen molar-refractivity contribution < 1.29 is 13.6 Å². The monoisotopic (exact) mass is 409 g/mol. The van der Waals surface area contributed by atoms with Crippen molar-refractivity contribution >= 4 is 27.6 Å². The maximum atomic E-state index is 13.8. The molecule has 0 unspecified atom stereocenters. The lowest BCUT2D eigenvalue weighted by atomic mass is 10.3. The van der Waals surface area contributed by atoms with E-state index < -0.39 is 29.0 Å². The van der Waals surface area contributed by atoms with Crippen molar-refractivity contribution in [1.29, 1.82) is 0 Å². The van der Waals surface area contributed by atoms with Crippen molar-refractivity contribution in [3.63, 3.8) is 0 Å². The second-order valence-electron chi connectivity index (χ2n) is 4.98. The summed E-state index contributed by atoms with van der Waals surface area (Å²) in [5, 5.41) is 6.83. The lowest BCUT2D eigenvalue weighted by Gasteiger charge is -2.15. The molecule has 3 aromatic rings. The smallest absolute Gasteiger partial charge is 0.295 e. The van der Waals surface area contributed by atoms with Crippen LogP contribution < -0.4 is 10.6 Å². The van der Waals surface area contributed by atoms with Gasteiger partial charge >= 0.3 is 11.7 Å². The van der Waals surface area contributed by atoms with Crippen LogP contribution in [0.4, 0.5) is 19.3 Å². The van der Waals surface area contributed by atoms with E-state index in [1.165, 1.54) is 7.05 Å². The maximum Gasteiger partial charge on any atom is 0.377 e. The van der Waals surface area contributed by atoms with Crippen LogP contribution in [0.5, 0.6) is 0 Å². The van der Waals surface area contributed by atoms with Crippen LogP contribution >= 0.6 is 15.9 Å². The predicted molar refractivity (Wildman–Crippen MR) is 88.9 cm³/mol. The molecule has 0 aliphatic heterocycles. The number of amides is 1. The molecule has 0 atom stereocenters. The summed E-state index contributed by atoms with van der Waals surface area (Å²) in [5.74, 6) is -2.00. The third kappa shape index (κ3) is 3.07. The minimum Gasteiger partial charge on any atom is -0.295 e. The number of hydrogen-bond acceptors (Lipinski definition) is 4. The molecular formula is C15H10BrF2N5O2. The molecule has 0 aliphatic carbocycles. The highest BCUT2D eigenvalue weighted by Gasteiger charge is 2.23. The molecule has 1 aromatic heterocycles. The van der Waals surface area contributed by atoms with Crippen molar-refractivity contribution in [1.82, 2.24) is 19.8 Å². The first-order valence-electron chi connectivity index (χ1n) is 6.93. The number of carbonyl (C=O) groups is 1. The first kappa shape index (κ1) is 17.0. The average Bonchev–Trinajstić information content (AvgIpc) is 2.95. The molecule has 1 heterocycles. The van der Waals surface area contributed by atoms with Gasteiger partial charge in [-0.05, 0) is 40.8 Å². The molecule has 25 heavy (non-hydrogen) atoms. The van der Waals surface area contributed by atoms with Gasteiger partial charge in [0.15, 0.2) is 11.6 Å². The SMILES string of the molecule is CN(C(=O)n1nnn(-c2c(F)cccc2F)c1=O)c1cccc(Br)c1. The highest BCUT2D eigenvalue weighted by atomic mass is 79.9. The Morgan fingerprint density at radius 2 is 1.76 bits per heavy atom. The van der Waals surface area contributed by atoms with E-state index in [1.54, 1.807) is 24.3 Å². The van der Waals surface area contributed by atoms with E-state index >= 15 is 0 Å². The molecule has 7 nitrogen and oxygen atoms in total. The van der Waals surface area contributed by atoms with Gasteiger partial charge in [-0.2, -0.15) is 4.68 Å². The largest absolute Gasteiger partial charge is 0.377 e. The van der Waals surface area contributed by atoms with Crippen LogP contribution in [0.3, 0.4) is 0 Å². The number of hydrogen-bond donors (Lipinski definition) is 0. The number of halogens is 3. The minimum absolute atomic E-state index is 0.400. The number of tetrazole rings is 1. The minimum atomic E-state index is -1.09. The van der Waals surface area contributed by atoms with Gasteiger partial charge in [-0.1, -0.05) is 28.1 Å². The molecule has 0 radical (unpaired) electrons. The van der Waals surface area contributed by atoms with E-state index in [4.69, 9.17) is 0 Å². The number of aromatic nitrogens is 4.